The van der Waals surface area contributed by atoms with Crippen LogP contribution < -0.4 is 10.9 Å². The van der Waals surface area contributed by atoms with E-state index in [9.17, 15) is 9.59 Å². The average Bonchev–Trinajstić information content (AvgIpc) is 1.83. The summed E-state index contributed by atoms with van der Waals surface area (Å²) in [5.41, 5.74) is 0.606. The Labute approximate surface area is 46.5 Å². The van der Waals surface area contributed by atoms with Gasteiger partial charge in [-0.25, -0.2) is 0 Å². The van der Waals surface area contributed by atoms with Crippen LogP contribution in [0.3, 0.4) is 0 Å². The Morgan fingerprint density at radius 1 is 0.875 bits per heavy atom. The highest BCUT2D eigenvalue weighted by atomic mass is 16.2. The Bertz CT molecular complexity index is 247. The van der Waals surface area contributed by atoms with Crippen molar-refractivity contribution in [3.05, 3.63) is 31.6 Å². The second-order valence-electron chi connectivity index (χ2n) is 1.91. The lowest BCUT2D eigenvalue weighted by Crippen LogP contribution is -2.36. The van der Waals surface area contributed by atoms with E-state index in [4.69, 9.17) is 0 Å². The fourth-order valence-electron chi connectivity index (χ4n) is 0.619. The van der Waals surface area contributed by atoms with Gasteiger partial charge in [0.05, 0.1) is 0 Å². The first-order valence-electron chi connectivity index (χ1n) is 2.41. The van der Waals surface area contributed by atoms with Crippen molar-refractivity contribution in [3.63, 3.8) is 0 Å². The van der Waals surface area contributed by atoms with Gasteiger partial charge >= 0.3 is 0 Å². The molecule has 2 nitrogen and oxygen atoms in total. The summed E-state index contributed by atoms with van der Waals surface area (Å²) < 4.78 is 0. The maximum absolute atomic E-state index is 10.4. The number of rotatable bonds is 0. The van der Waals surface area contributed by atoms with Crippen LogP contribution in [0.25, 0.3) is 0 Å². The Balaban J connectivity index is 3.48. The quantitative estimate of drug-likeness (QED) is 0.437. The van der Waals surface area contributed by atoms with E-state index in [2.05, 4.69) is 0 Å². The van der Waals surface area contributed by atoms with Crippen LogP contribution in [0, 0.1) is 13.8 Å². The molecule has 0 heterocycles. The molecule has 0 atom stereocenters. The van der Waals surface area contributed by atoms with Crippen molar-refractivity contribution in [2.45, 2.75) is 13.8 Å². The monoisotopic (exact) mass is 110 g/mol. The third-order valence-corrected chi connectivity index (χ3v) is 1.45. The second-order valence-corrected chi connectivity index (χ2v) is 1.91. The fourth-order valence-corrected chi connectivity index (χ4v) is 0.619. The van der Waals surface area contributed by atoms with Gasteiger partial charge in [0.15, 0.2) is 0 Å². The van der Waals surface area contributed by atoms with Crippen molar-refractivity contribution in [2.24, 2.45) is 0 Å². The highest BCUT2D eigenvalue weighted by Gasteiger charge is 2.09. The molecule has 1 aromatic rings. The van der Waals surface area contributed by atoms with Gasteiger partial charge < -0.3 is 0 Å². The van der Waals surface area contributed by atoms with Gasteiger partial charge in [-0.3, -0.25) is 9.59 Å². The molecule has 0 radical (unpaired) electrons. The van der Waals surface area contributed by atoms with Crippen LogP contribution in [0.2, 0.25) is 0 Å². The predicted molar refractivity (Wildman–Crippen MR) is 30.8 cm³/mol. The Morgan fingerprint density at radius 2 is 1.12 bits per heavy atom. The normalized spacial score (nSPS) is 10.2. The topological polar surface area (TPSA) is 34.1 Å². The lowest BCUT2D eigenvalue weighted by Gasteiger charge is -1.95. The Kier molecular flexibility index (Phi) is 0.834. The van der Waals surface area contributed by atoms with Gasteiger partial charge in [-0.2, -0.15) is 0 Å². The van der Waals surface area contributed by atoms with Gasteiger partial charge in [0.1, 0.15) is 0 Å². The second kappa shape index (κ2) is 1.28. The Hall–Kier alpha value is -0.920. The third kappa shape index (κ3) is 0.372. The third-order valence-electron chi connectivity index (χ3n) is 1.45. The zero-order chi connectivity index (χ0) is 6.31. The van der Waals surface area contributed by atoms with Crippen LogP contribution in [0.15, 0.2) is 9.59 Å². The van der Waals surface area contributed by atoms with Crippen molar-refractivity contribution >= 4 is 0 Å². The molecule has 42 valence electrons. The summed E-state index contributed by atoms with van der Waals surface area (Å²) in [4.78, 5) is 20.7. The summed E-state index contributed by atoms with van der Waals surface area (Å²) in [6.07, 6.45) is 0. The molecule has 1 aromatic carbocycles. The summed E-state index contributed by atoms with van der Waals surface area (Å²) >= 11 is 0. The van der Waals surface area contributed by atoms with Gasteiger partial charge in [-0.05, 0) is 13.8 Å². The largest absolute Gasteiger partial charge is 0.285 e. The van der Waals surface area contributed by atoms with Crippen molar-refractivity contribution < 1.29 is 0 Å². The van der Waals surface area contributed by atoms with E-state index in [1.165, 1.54) is 0 Å². The van der Waals surface area contributed by atoms with Crippen LogP contribution in [0.4, 0.5) is 0 Å². The van der Waals surface area contributed by atoms with E-state index in [0.717, 1.165) is 0 Å². The van der Waals surface area contributed by atoms with E-state index >= 15 is 0 Å². The maximum Gasteiger partial charge on any atom is 0.229 e. The maximum atomic E-state index is 10.4. The molecule has 0 saturated heterocycles. The molecule has 0 spiro atoms. The van der Waals surface area contributed by atoms with Gasteiger partial charge in [0.25, 0.3) is 0 Å². The Morgan fingerprint density at radius 3 is 1.25 bits per heavy atom. The van der Waals surface area contributed by atoms with Crippen LogP contribution in [0.5, 0.6) is 0 Å². The highest BCUT2D eigenvalue weighted by Crippen LogP contribution is 1.91. The molecule has 0 N–H and O–H groups in total. The summed E-state index contributed by atoms with van der Waals surface area (Å²) in [7, 11) is 0. The summed E-state index contributed by atoms with van der Waals surface area (Å²) in [5.74, 6) is 0. The number of hydrogen-bond donors (Lipinski definition) is 0. The number of hydrogen-bond acceptors (Lipinski definition) is 2. The molecule has 1 rings (SSSR count). The van der Waals surface area contributed by atoms with Gasteiger partial charge in [-0.15, -0.1) is 0 Å². The fraction of sp³-hybridized carbons (Fsp3) is 0.333. The lowest BCUT2D eigenvalue weighted by molar-refractivity contribution is 1.17. The molecule has 8 heavy (non-hydrogen) atoms. The van der Waals surface area contributed by atoms with Crippen LogP contribution in [-0.4, -0.2) is 0 Å². The van der Waals surface area contributed by atoms with E-state index < -0.39 is 0 Å². The van der Waals surface area contributed by atoms with E-state index in [1.54, 1.807) is 13.8 Å². The van der Waals surface area contributed by atoms with Gasteiger partial charge in [0, 0.05) is 11.1 Å². The van der Waals surface area contributed by atoms with Gasteiger partial charge in [0.2, 0.25) is 10.9 Å². The molecule has 0 aliphatic carbocycles. The average molecular weight is 110 g/mol. The van der Waals surface area contributed by atoms with Gasteiger partial charge in [-0.1, -0.05) is 0 Å². The molecule has 0 aliphatic heterocycles. The zero-order valence-electron chi connectivity index (χ0n) is 4.82. The summed E-state index contributed by atoms with van der Waals surface area (Å²) in [5, 5.41) is 0. The summed E-state index contributed by atoms with van der Waals surface area (Å²) in [6, 6.07) is 0. The molecule has 0 aliphatic rings. The minimum atomic E-state index is -0.317. The molecule has 0 fully saturated rings. The molecule has 0 amide bonds. The first kappa shape index (κ1) is 5.22. The molecular weight excluding hydrogens is 104 g/mol. The molecular formula is C6H6O2. The molecule has 0 unspecified atom stereocenters. The summed E-state index contributed by atoms with van der Waals surface area (Å²) in [6.45, 7) is 3.33. The predicted octanol–water partition coefficient (Wildman–Crippen LogP) is -0.101. The van der Waals surface area contributed by atoms with Crippen molar-refractivity contribution in [1.82, 2.24) is 0 Å². The van der Waals surface area contributed by atoms with Crippen LogP contribution >= 0.6 is 0 Å². The van der Waals surface area contributed by atoms with Crippen LogP contribution in [-0.2, 0) is 0 Å². The van der Waals surface area contributed by atoms with E-state index in [0.29, 0.717) is 11.1 Å². The van der Waals surface area contributed by atoms with Crippen molar-refractivity contribution in [1.29, 1.82) is 0 Å². The van der Waals surface area contributed by atoms with E-state index in [-0.39, 0.29) is 10.9 Å². The van der Waals surface area contributed by atoms with Crippen LogP contribution in [0.1, 0.15) is 11.1 Å². The standard InChI is InChI=1S/C6H6O2/c1-3-4(2)6(8)5(3)7/h1-2H3. The minimum absolute atomic E-state index is 0.317. The zero-order valence-corrected chi connectivity index (χ0v) is 4.82. The minimum Gasteiger partial charge on any atom is -0.285 e. The molecule has 0 aromatic heterocycles. The molecule has 0 bridgehead atoms. The first-order valence-corrected chi connectivity index (χ1v) is 2.41. The van der Waals surface area contributed by atoms with Crippen molar-refractivity contribution in [3.8, 4) is 0 Å². The highest BCUT2D eigenvalue weighted by molar-refractivity contribution is 5.29. The smallest absolute Gasteiger partial charge is 0.229 e. The van der Waals surface area contributed by atoms with Crippen molar-refractivity contribution in [2.75, 3.05) is 0 Å². The first-order chi connectivity index (χ1) is 3.64. The lowest BCUT2D eigenvalue weighted by atomic mass is 10.1. The SMILES string of the molecule is Cc1c(C)c(=O)c1=O. The molecule has 0 saturated carbocycles. The van der Waals surface area contributed by atoms with E-state index in [1.807, 2.05) is 0 Å². The molecule has 2 heteroatoms.